The lowest BCUT2D eigenvalue weighted by molar-refractivity contribution is 0.0601. The monoisotopic (exact) mass is 308 g/mol. The van der Waals surface area contributed by atoms with Crippen LogP contribution in [0.3, 0.4) is 0 Å². The van der Waals surface area contributed by atoms with Crippen LogP contribution in [0.5, 0.6) is 5.75 Å². The number of anilines is 1. The maximum atomic E-state index is 12.0. The van der Waals surface area contributed by atoms with E-state index < -0.39 is 5.97 Å². The molecular formula is C18H16N2O3. The summed E-state index contributed by atoms with van der Waals surface area (Å²) in [5, 5.41) is 0.679. The van der Waals surface area contributed by atoms with Gasteiger partial charge in [-0.05, 0) is 23.3 Å². The third kappa shape index (κ3) is 2.46. The zero-order valence-electron chi connectivity index (χ0n) is 12.9. The first-order valence-electron chi connectivity index (χ1n) is 7.06. The van der Waals surface area contributed by atoms with Crippen molar-refractivity contribution in [2.45, 2.75) is 0 Å². The van der Waals surface area contributed by atoms with E-state index in [0.717, 1.165) is 11.1 Å². The largest absolute Gasteiger partial charge is 0.494 e. The van der Waals surface area contributed by atoms with Gasteiger partial charge in [-0.3, -0.25) is 4.98 Å². The molecule has 0 spiro atoms. The molecule has 0 aliphatic heterocycles. The maximum Gasteiger partial charge on any atom is 0.340 e. The number of nitrogen functional groups attached to an aromatic ring is 1. The highest BCUT2D eigenvalue weighted by molar-refractivity contribution is 6.12. The number of pyridine rings is 1. The third-order valence-electron chi connectivity index (χ3n) is 3.73. The SMILES string of the molecule is COC(=O)c1cc(OC)c2nccc(-c3ccccc3)c2c1N. The van der Waals surface area contributed by atoms with Crippen LogP contribution in [0.1, 0.15) is 10.4 Å². The number of esters is 1. The van der Waals surface area contributed by atoms with Crippen molar-refractivity contribution >= 4 is 22.6 Å². The molecule has 0 bridgehead atoms. The van der Waals surface area contributed by atoms with Gasteiger partial charge in [0.15, 0.2) is 0 Å². The summed E-state index contributed by atoms with van der Waals surface area (Å²) in [6, 6.07) is 13.2. The van der Waals surface area contributed by atoms with E-state index in [9.17, 15) is 4.79 Å². The van der Waals surface area contributed by atoms with Crippen LogP contribution in [0.25, 0.3) is 22.0 Å². The van der Waals surface area contributed by atoms with Crippen LogP contribution >= 0.6 is 0 Å². The van der Waals surface area contributed by atoms with E-state index in [4.69, 9.17) is 15.2 Å². The Kier molecular flexibility index (Phi) is 3.85. The lowest BCUT2D eigenvalue weighted by atomic mass is 9.97. The predicted molar refractivity (Wildman–Crippen MR) is 89.5 cm³/mol. The van der Waals surface area contributed by atoms with Crippen molar-refractivity contribution in [2.75, 3.05) is 20.0 Å². The summed E-state index contributed by atoms with van der Waals surface area (Å²) >= 11 is 0. The summed E-state index contributed by atoms with van der Waals surface area (Å²) in [7, 11) is 2.85. The lowest BCUT2D eigenvalue weighted by Crippen LogP contribution is -2.07. The fourth-order valence-corrected chi connectivity index (χ4v) is 2.63. The normalized spacial score (nSPS) is 10.5. The number of carbonyl (C=O) groups is 1. The smallest absolute Gasteiger partial charge is 0.340 e. The van der Waals surface area contributed by atoms with Gasteiger partial charge in [-0.1, -0.05) is 30.3 Å². The Morgan fingerprint density at radius 2 is 1.87 bits per heavy atom. The standard InChI is InChI=1S/C18H16N2O3/c1-22-14-10-13(18(21)23-2)16(19)15-12(8-9-20-17(14)15)11-6-4-3-5-7-11/h3-10H,19H2,1-2H3. The predicted octanol–water partition coefficient (Wildman–Crippen LogP) is 3.28. The second kappa shape index (κ2) is 5.96. The van der Waals surface area contributed by atoms with Gasteiger partial charge in [-0.15, -0.1) is 0 Å². The van der Waals surface area contributed by atoms with E-state index in [0.29, 0.717) is 22.3 Å². The molecule has 23 heavy (non-hydrogen) atoms. The van der Waals surface area contributed by atoms with Gasteiger partial charge in [0.25, 0.3) is 0 Å². The molecule has 2 N–H and O–H groups in total. The fourth-order valence-electron chi connectivity index (χ4n) is 2.63. The van der Waals surface area contributed by atoms with E-state index in [-0.39, 0.29) is 5.56 Å². The van der Waals surface area contributed by atoms with E-state index in [1.807, 2.05) is 36.4 Å². The number of fused-ring (bicyclic) bond motifs is 1. The van der Waals surface area contributed by atoms with E-state index in [1.54, 1.807) is 12.3 Å². The molecule has 0 aliphatic carbocycles. The van der Waals surface area contributed by atoms with Crippen molar-refractivity contribution in [1.82, 2.24) is 4.98 Å². The minimum atomic E-state index is -0.509. The molecular weight excluding hydrogens is 292 g/mol. The lowest BCUT2D eigenvalue weighted by Gasteiger charge is -2.14. The van der Waals surface area contributed by atoms with Crippen LogP contribution < -0.4 is 10.5 Å². The Morgan fingerprint density at radius 1 is 1.13 bits per heavy atom. The van der Waals surface area contributed by atoms with Crippen molar-refractivity contribution < 1.29 is 14.3 Å². The van der Waals surface area contributed by atoms with Gasteiger partial charge in [0.2, 0.25) is 0 Å². The van der Waals surface area contributed by atoms with Crippen LogP contribution in [-0.2, 0) is 4.74 Å². The molecule has 0 saturated heterocycles. The van der Waals surface area contributed by atoms with Crippen molar-refractivity contribution in [3.8, 4) is 16.9 Å². The second-order valence-corrected chi connectivity index (χ2v) is 4.98. The summed E-state index contributed by atoms with van der Waals surface area (Å²) in [6.45, 7) is 0. The van der Waals surface area contributed by atoms with Gasteiger partial charge in [0.05, 0.1) is 25.5 Å². The summed E-state index contributed by atoms with van der Waals surface area (Å²) in [5.74, 6) is -0.0297. The molecule has 3 aromatic rings. The van der Waals surface area contributed by atoms with E-state index in [1.165, 1.54) is 14.2 Å². The molecule has 0 radical (unpaired) electrons. The van der Waals surface area contributed by atoms with Gasteiger partial charge in [-0.25, -0.2) is 4.79 Å². The van der Waals surface area contributed by atoms with E-state index in [2.05, 4.69) is 4.98 Å². The number of hydrogen-bond acceptors (Lipinski definition) is 5. The van der Waals surface area contributed by atoms with Crippen molar-refractivity contribution in [2.24, 2.45) is 0 Å². The summed E-state index contributed by atoms with van der Waals surface area (Å²) in [4.78, 5) is 16.4. The maximum absolute atomic E-state index is 12.0. The number of benzene rings is 2. The molecule has 5 heteroatoms. The van der Waals surface area contributed by atoms with Crippen LogP contribution in [0.4, 0.5) is 5.69 Å². The van der Waals surface area contributed by atoms with Gasteiger partial charge >= 0.3 is 5.97 Å². The van der Waals surface area contributed by atoms with Gasteiger partial charge in [0.1, 0.15) is 11.3 Å². The number of aromatic nitrogens is 1. The molecule has 3 rings (SSSR count). The topological polar surface area (TPSA) is 74.4 Å². The quantitative estimate of drug-likeness (QED) is 0.593. The molecule has 0 unspecified atom stereocenters. The minimum Gasteiger partial charge on any atom is -0.494 e. The van der Waals surface area contributed by atoms with Crippen LogP contribution in [0.15, 0.2) is 48.7 Å². The van der Waals surface area contributed by atoms with Crippen molar-refractivity contribution in [3.05, 3.63) is 54.2 Å². The molecule has 2 aromatic carbocycles. The summed E-state index contributed by atoms with van der Waals surface area (Å²) < 4.78 is 10.2. The molecule has 5 nitrogen and oxygen atoms in total. The molecule has 0 atom stereocenters. The Morgan fingerprint density at radius 3 is 2.52 bits per heavy atom. The highest BCUT2D eigenvalue weighted by Crippen LogP contribution is 2.38. The Hall–Kier alpha value is -3.08. The van der Waals surface area contributed by atoms with Crippen LogP contribution in [0, 0.1) is 0 Å². The average molecular weight is 308 g/mol. The Balaban J connectivity index is 2.41. The number of carbonyl (C=O) groups excluding carboxylic acids is 1. The molecule has 0 aliphatic rings. The molecule has 1 heterocycles. The van der Waals surface area contributed by atoms with E-state index >= 15 is 0 Å². The van der Waals surface area contributed by atoms with Gasteiger partial charge < -0.3 is 15.2 Å². The zero-order valence-corrected chi connectivity index (χ0v) is 12.9. The highest BCUT2D eigenvalue weighted by atomic mass is 16.5. The van der Waals surface area contributed by atoms with Crippen molar-refractivity contribution in [3.63, 3.8) is 0 Å². The first-order valence-corrected chi connectivity index (χ1v) is 7.06. The second-order valence-electron chi connectivity index (χ2n) is 4.98. The number of rotatable bonds is 3. The highest BCUT2D eigenvalue weighted by Gasteiger charge is 2.20. The molecule has 1 aromatic heterocycles. The summed E-state index contributed by atoms with van der Waals surface area (Å²) in [6.07, 6.45) is 1.70. The number of hydrogen-bond donors (Lipinski definition) is 1. The number of ether oxygens (including phenoxy) is 2. The van der Waals surface area contributed by atoms with Gasteiger partial charge in [-0.2, -0.15) is 0 Å². The zero-order chi connectivity index (χ0) is 16.4. The van der Waals surface area contributed by atoms with Crippen LogP contribution in [0.2, 0.25) is 0 Å². The summed E-state index contributed by atoms with van der Waals surface area (Å²) in [5.41, 5.74) is 9.34. The Bertz CT molecular complexity index is 876. The molecule has 0 fully saturated rings. The third-order valence-corrected chi connectivity index (χ3v) is 3.73. The number of methoxy groups -OCH3 is 2. The first-order chi connectivity index (χ1) is 11.2. The Labute approximate surface area is 133 Å². The molecule has 116 valence electrons. The first kappa shape index (κ1) is 14.8. The fraction of sp³-hybridized carbons (Fsp3) is 0.111. The number of nitrogens with two attached hydrogens (primary N) is 1. The van der Waals surface area contributed by atoms with Gasteiger partial charge in [0, 0.05) is 11.6 Å². The van der Waals surface area contributed by atoms with Crippen molar-refractivity contribution in [1.29, 1.82) is 0 Å². The minimum absolute atomic E-state index is 0.266. The van der Waals surface area contributed by atoms with Crippen LogP contribution in [-0.4, -0.2) is 25.2 Å². The average Bonchev–Trinajstić information content (AvgIpc) is 2.61. The molecule has 0 saturated carbocycles. The molecule has 0 amide bonds. The number of nitrogens with zero attached hydrogens (tertiary/aromatic N) is 1.